The summed E-state index contributed by atoms with van der Waals surface area (Å²) in [7, 11) is 0. The quantitative estimate of drug-likeness (QED) is 0.436. The Balaban J connectivity index is 1.79. The number of primary amides is 1. The molecule has 0 atom stereocenters. The molecule has 0 saturated carbocycles. The second-order valence-electron chi connectivity index (χ2n) is 10.3. The highest BCUT2D eigenvalue weighted by molar-refractivity contribution is 6.03. The van der Waals surface area contributed by atoms with E-state index in [-0.39, 0.29) is 34.9 Å². The van der Waals surface area contributed by atoms with E-state index < -0.39 is 23.4 Å². The molecule has 0 bridgehead atoms. The summed E-state index contributed by atoms with van der Waals surface area (Å²) < 4.78 is 46.4. The van der Waals surface area contributed by atoms with Gasteiger partial charge in [-0.3, -0.25) is 14.9 Å². The SMILES string of the molecule is CC(C)(C)Cc1cc(NC(=O)Cc2ccc(-c3nn(C(C)(C)C(F)(F)F)c(N)c3C(N)=O)cc2)on1. The molecule has 0 spiro atoms. The van der Waals surface area contributed by atoms with Crippen LogP contribution >= 0.6 is 0 Å². The zero-order valence-electron chi connectivity index (χ0n) is 20.7. The van der Waals surface area contributed by atoms with Crippen molar-refractivity contribution in [1.82, 2.24) is 14.9 Å². The molecule has 3 aromatic rings. The Labute approximate surface area is 206 Å². The lowest BCUT2D eigenvalue weighted by molar-refractivity contribution is -0.205. The predicted molar refractivity (Wildman–Crippen MR) is 128 cm³/mol. The smallest absolute Gasteiger partial charge is 0.383 e. The van der Waals surface area contributed by atoms with Crippen LogP contribution in [0.15, 0.2) is 34.9 Å². The third kappa shape index (κ3) is 5.69. The molecule has 3 rings (SSSR count). The molecule has 0 radical (unpaired) electrons. The maximum absolute atomic E-state index is 13.6. The monoisotopic (exact) mass is 506 g/mol. The fraction of sp³-hybridized carbons (Fsp3) is 0.417. The molecular weight excluding hydrogens is 477 g/mol. The number of nitrogens with zero attached hydrogens (tertiary/aromatic N) is 3. The molecule has 12 heteroatoms. The summed E-state index contributed by atoms with van der Waals surface area (Å²) >= 11 is 0. The first-order valence-electron chi connectivity index (χ1n) is 11.1. The van der Waals surface area contributed by atoms with E-state index >= 15 is 0 Å². The van der Waals surface area contributed by atoms with E-state index in [0.29, 0.717) is 22.2 Å². The molecule has 194 valence electrons. The molecule has 2 aromatic heterocycles. The molecule has 2 amide bonds. The Morgan fingerprint density at radius 1 is 1.08 bits per heavy atom. The van der Waals surface area contributed by atoms with Gasteiger partial charge in [-0.15, -0.1) is 0 Å². The van der Waals surface area contributed by atoms with Crippen molar-refractivity contribution < 1.29 is 27.3 Å². The maximum Gasteiger partial charge on any atom is 0.413 e. The number of alkyl halides is 3. The summed E-state index contributed by atoms with van der Waals surface area (Å²) in [4.78, 5) is 24.4. The highest BCUT2D eigenvalue weighted by Crippen LogP contribution is 2.40. The van der Waals surface area contributed by atoms with Gasteiger partial charge in [0, 0.05) is 11.6 Å². The molecular formula is C24H29F3N6O3. The largest absolute Gasteiger partial charge is 0.413 e. The third-order valence-electron chi connectivity index (χ3n) is 5.52. The van der Waals surface area contributed by atoms with E-state index in [1.165, 1.54) is 12.1 Å². The Bertz CT molecular complexity index is 1270. The van der Waals surface area contributed by atoms with Gasteiger partial charge in [-0.25, -0.2) is 4.68 Å². The summed E-state index contributed by atoms with van der Waals surface area (Å²) in [6.07, 6.45) is -4.01. The molecule has 1 aromatic carbocycles. The fourth-order valence-electron chi connectivity index (χ4n) is 3.57. The number of carbonyl (C=O) groups is 2. The summed E-state index contributed by atoms with van der Waals surface area (Å²) in [6.45, 7) is 7.98. The zero-order chi connectivity index (χ0) is 27.1. The topological polar surface area (TPSA) is 142 Å². The van der Waals surface area contributed by atoms with Crippen LogP contribution in [0.3, 0.4) is 0 Å². The van der Waals surface area contributed by atoms with Gasteiger partial charge in [-0.05, 0) is 31.2 Å². The van der Waals surface area contributed by atoms with Gasteiger partial charge in [0.25, 0.3) is 5.91 Å². The summed E-state index contributed by atoms with van der Waals surface area (Å²) in [5.41, 5.74) is 10.0. The number of rotatable bonds is 7. The number of benzene rings is 1. The van der Waals surface area contributed by atoms with Crippen molar-refractivity contribution in [2.24, 2.45) is 11.1 Å². The molecule has 0 fully saturated rings. The first-order chi connectivity index (χ1) is 16.5. The standard InChI is InChI=1S/C24H29F3N6O3/c1-22(2,3)12-15-11-17(36-32-15)30-16(34)10-13-6-8-14(9-7-13)19-18(21(29)35)20(28)33(31-19)23(4,5)24(25,26)27/h6-9,11H,10,12,28H2,1-5H3,(H2,29,35)(H,30,34). The van der Waals surface area contributed by atoms with E-state index in [0.717, 1.165) is 19.5 Å². The molecule has 5 N–H and O–H groups in total. The van der Waals surface area contributed by atoms with Gasteiger partial charge in [0.2, 0.25) is 11.8 Å². The van der Waals surface area contributed by atoms with Crippen molar-refractivity contribution in [3.63, 3.8) is 0 Å². The van der Waals surface area contributed by atoms with Crippen LogP contribution in [-0.2, 0) is 23.2 Å². The third-order valence-corrected chi connectivity index (χ3v) is 5.52. The molecule has 0 unspecified atom stereocenters. The van der Waals surface area contributed by atoms with Gasteiger partial charge in [-0.2, -0.15) is 18.3 Å². The Hall–Kier alpha value is -3.83. The number of nitrogens with one attached hydrogen (secondary N) is 1. The summed E-state index contributed by atoms with van der Waals surface area (Å²) in [5.74, 6) is -1.61. The van der Waals surface area contributed by atoms with Gasteiger partial charge in [-0.1, -0.05) is 50.2 Å². The molecule has 0 aliphatic heterocycles. The lowest BCUT2D eigenvalue weighted by Crippen LogP contribution is -2.43. The number of carbonyl (C=O) groups excluding carboxylic acids is 2. The normalized spacial score (nSPS) is 12.6. The van der Waals surface area contributed by atoms with Crippen LogP contribution in [0, 0.1) is 5.41 Å². The number of hydrogen-bond donors (Lipinski definition) is 3. The van der Waals surface area contributed by atoms with Crippen molar-refractivity contribution in [1.29, 1.82) is 0 Å². The number of hydrogen-bond acceptors (Lipinski definition) is 6. The lowest BCUT2D eigenvalue weighted by atomic mass is 9.91. The summed E-state index contributed by atoms with van der Waals surface area (Å²) in [6, 6.07) is 7.90. The average Bonchev–Trinajstić information content (AvgIpc) is 3.30. The minimum Gasteiger partial charge on any atom is -0.383 e. The van der Waals surface area contributed by atoms with Crippen LogP contribution in [0.2, 0.25) is 0 Å². The van der Waals surface area contributed by atoms with Crippen molar-refractivity contribution in [2.45, 2.75) is 59.2 Å². The molecule has 0 aliphatic carbocycles. The first-order valence-corrected chi connectivity index (χ1v) is 11.1. The van der Waals surface area contributed by atoms with E-state index in [1.807, 2.05) is 0 Å². The van der Waals surface area contributed by atoms with Crippen molar-refractivity contribution in [3.05, 3.63) is 47.2 Å². The molecule has 36 heavy (non-hydrogen) atoms. The minimum atomic E-state index is -4.69. The zero-order valence-corrected chi connectivity index (χ0v) is 20.7. The van der Waals surface area contributed by atoms with Gasteiger partial charge >= 0.3 is 6.18 Å². The van der Waals surface area contributed by atoms with E-state index in [1.54, 1.807) is 18.2 Å². The molecule has 9 nitrogen and oxygen atoms in total. The number of nitrogens with two attached hydrogens (primary N) is 2. The Morgan fingerprint density at radius 3 is 2.22 bits per heavy atom. The molecule has 0 saturated heterocycles. The predicted octanol–water partition coefficient (Wildman–Crippen LogP) is 4.29. The number of halogens is 3. The first kappa shape index (κ1) is 26.8. The molecule has 0 aliphatic rings. The van der Waals surface area contributed by atoms with E-state index in [9.17, 15) is 22.8 Å². The maximum atomic E-state index is 13.6. The van der Waals surface area contributed by atoms with Crippen LogP contribution < -0.4 is 16.8 Å². The van der Waals surface area contributed by atoms with Crippen molar-refractivity contribution in [2.75, 3.05) is 11.1 Å². The van der Waals surface area contributed by atoms with Gasteiger partial charge in [0.1, 0.15) is 17.1 Å². The number of anilines is 2. The van der Waals surface area contributed by atoms with Crippen LogP contribution in [0.1, 0.15) is 56.2 Å². The van der Waals surface area contributed by atoms with Crippen LogP contribution in [-0.4, -0.2) is 32.9 Å². The van der Waals surface area contributed by atoms with Crippen LogP contribution in [0.5, 0.6) is 0 Å². The summed E-state index contributed by atoms with van der Waals surface area (Å²) in [5, 5.41) is 10.6. The minimum absolute atomic E-state index is 0.00402. The highest BCUT2D eigenvalue weighted by Gasteiger charge is 2.51. The molecule has 2 heterocycles. The van der Waals surface area contributed by atoms with Crippen LogP contribution in [0.4, 0.5) is 24.9 Å². The van der Waals surface area contributed by atoms with Gasteiger partial charge < -0.3 is 16.0 Å². The average molecular weight is 507 g/mol. The Kier molecular flexibility index (Phi) is 6.93. The van der Waals surface area contributed by atoms with Gasteiger partial charge in [0.05, 0.1) is 12.1 Å². The highest BCUT2D eigenvalue weighted by atomic mass is 19.4. The van der Waals surface area contributed by atoms with Crippen molar-refractivity contribution in [3.8, 4) is 11.3 Å². The van der Waals surface area contributed by atoms with E-state index in [2.05, 4.69) is 36.3 Å². The van der Waals surface area contributed by atoms with E-state index in [4.69, 9.17) is 16.0 Å². The van der Waals surface area contributed by atoms with Crippen LogP contribution in [0.25, 0.3) is 11.3 Å². The Morgan fingerprint density at radius 2 is 1.69 bits per heavy atom. The van der Waals surface area contributed by atoms with Crippen molar-refractivity contribution >= 4 is 23.5 Å². The second kappa shape index (κ2) is 9.32. The number of amides is 2. The lowest BCUT2D eigenvalue weighted by Gasteiger charge is -2.29. The fourth-order valence-corrected chi connectivity index (χ4v) is 3.57. The van der Waals surface area contributed by atoms with Gasteiger partial charge in [0.15, 0.2) is 5.54 Å². The second-order valence-corrected chi connectivity index (χ2v) is 10.3. The number of nitrogen functional groups attached to an aromatic ring is 1. The number of aromatic nitrogens is 3.